The molecule has 1 aromatic heterocycles. The van der Waals surface area contributed by atoms with Crippen molar-refractivity contribution in [3.63, 3.8) is 0 Å². The topological polar surface area (TPSA) is 57.0 Å². The van der Waals surface area contributed by atoms with Crippen molar-refractivity contribution in [2.75, 3.05) is 19.5 Å². The quantitative estimate of drug-likeness (QED) is 0.528. The number of rotatable bonds is 8. The van der Waals surface area contributed by atoms with Gasteiger partial charge in [-0.15, -0.1) is 10.2 Å². The van der Waals surface area contributed by atoms with E-state index in [1.807, 2.05) is 16.7 Å². The molecule has 0 radical (unpaired) electrons. The van der Waals surface area contributed by atoms with Gasteiger partial charge in [0.25, 0.3) is 0 Å². The number of carbonyl (C=O) groups excluding carboxylic acids is 1. The van der Waals surface area contributed by atoms with E-state index in [0.717, 1.165) is 10.7 Å². The van der Waals surface area contributed by atoms with Crippen LogP contribution in [0, 0.1) is 0 Å². The number of hydrogen-bond donors (Lipinski definition) is 0. The summed E-state index contributed by atoms with van der Waals surface area (Å²) in [6, 6.07) is 8.22. The van der Waals surface area contributed by atoms with Gasteiger partial charge in [-0.1, -0.05) is 55.3 Å². The fourth-order valence-corrected chi connectivity index (χ4v) is 4.13. The zero-order chi connectivity index (χ0) is 17.5. The highest BCUT2D eigenvalue weighted by atomic mass is 32.2. The normalized spacial score (nSPS) is 15.4. The summed E-state index contributed by atoms with van der Waals surface area (Å²) < 4.78 is 6.98. The van der Waals surface area contributed by atoms with E-state index in [1.165, 1.54) is 49.4 Å². The first-order valence-corrected chi connectivity index (χ1v) is 9.89. The molecule has 0 unspecified atom stereocenters. The lowest BCUT2D eigenvalue weighted by Gasteiger charge is -2.22. The van der Waals surface area contributed by atoms with Gasteiger partial charge in [0.2, 0.25) is 0 Å². The van der Waals surface area contributed by atoms with E-state index in [9.17, 15) is 4.79 Å². The Bertz CT molecular complexity index is 678. The van der Waals surface area contributed by atoms with Gasteiger partial charge in [-0.05, 0) is 24.3 Å². The van der Waals surface area contributed by atoms with Gasteiger partial charge in [-0.25, -0.2) is 0 Å². The number of Topliss-reactive ketones (excluding diaryl/α,β-unsaturated/α-hetero) is 1. The Labute approximate surface area is 153 Å². The number of nitrogens with zero attached hydrogens (tertiary/aromatic N) is 3. The van der Waals surface area contributed by atoms with Crippen molar-refractivity contribution < 1.29 is 9.53 Å². The zero-order valence-corrected chi connectivity index (χ0v) is 15.5. The van der Waals surface area contributed by atoms with E-state index in [0.29, 0.717) is 24.8 Å². The molecule has 134 valence electrons. The summed E-state index contributed by atoms with van der Waals surface area (Å²) in [4.78, 5) is 12.4. The molecule has 1 aromatic carbocycles. The molecule has 1 aliphatic rings. The third-order valence-corrected chi connectivity index (χ3v) is 5.74. The van der Waals surface area contributed by atoms with Crippen LogP contribution in [0.25, 0.3) is 0 Å². The van der Waals surface area contributed by atoms with E-state index in [2.05, 4.69) is 22.3 Å². The van der Waals surface area contributed by atoms with E-state index >= 15 is 0 Å². The molecular weight excluding hydrogens is 334 g/mol. The van der Waals surface area contributed by atoms with Gasteiger partial charge in [-0.2, -0.15) is 0 Å². The number of methoxy groups -OCH3 is 1. The van der Waals surface area contributed by atoms with Crippen molar-refractivity contribution in [3.8, 4) is 0 Å². The second kappa shape index (κ2) is 9.15. The smallest absolute Gasteiger partial charge is 0.191 e. The largest absolute Gasteiger partial charge is 0.383 e. The first-order chi connectivity index (χ1) is 12.3. The number of aromatic nitrogens is 3. The number of ketones is 1. The van der Waals surface area contributed by atoms with E-state index in [4.69, 9.17) is 4.74 Å². The second-order valence-electron chi connectivity index (χ2n) is 6.47. The summed E-state index contributed by atoms with van der Waals surface area (Å²) in [5.41, 5.74) is 2.15. The zero-order valence-electron chi connectivity index (χ0n) is 14.7. The first kappa shape index (κ1) is 18.1. The highest BCUT2D eigenvalue weighted by molar-refractivity contribution is 7.99. The molecule has 5 nitrogen and oxygen atoms in total. The second-order valence-corrected chi connectivity index (χ2v) is 7.41. The minimum Gasteiger partial charge on any atom is -0.383 e. The Morgan fingerprint density at radius 3 is 2.72 bits per heavy atom. The molecule has 3 rings (SSSR count). The van der Waals surface area contributed by atoms with Gasteiger partial charge in [-0.3, -0.25) is 4.79 Å². The van der Waals surface area contributed by atoms with Crippen LogP contribution in [0.3, 0.4) is 0 Å². The van der Waals surface area contributed by atoms with Crippen LogP contribution in [0.4, 0.5) is 0 Å². The maximum absolute atomic E-state index is 12.4. The third kappa shape index (κ3) is 4.92. The molecule has 0 bridgehead atoms. The van der Waals surface area contributed by atoms with Crippen LogP contribution < -0.4 is 0 Å². The summed E-state index contributed by atoms with van der Waals surface area (Å²) in [6.45, 7) is 1.29. The number of benzene rings is 1. The molecule has 0 spiro atoms. The monoisotopic (exact) mass is 359 g/mol. The minimum atomic E-state index is 0.126. The first-order valence-electron chi connectivity index (χ1n) is 8.90. The Hall–Kier alpha value is -1.66. The van der Waals surface area contributed by atoms with Crippen molar-refractivity contribution in [1.82, 2.24) is 14.8 Å². The van der Waals surface area contributed by atoms with Crippen molar-refractivity contribution >= 4 is 17.5 Å². The molecular formula is C19H25N3O2S. The van der Waals surface area contributed by atoms with E-state index in [1.54, 1.807) is 13.4 Å². The Morgan fingerprint density at radius 2 is 2.00 bits per heavy atom. The lowest BCUT2D eigenvalue weighted by molar-refractivity contribution is 0.102. The van der Waals surface area contributed by atoms with Crippen molar-refractivity contribution in [2.24, 2.45) is 0 Å². The molecule has 0 atom stereocenters. The summed E-state index contributed by atoms with van der Waals surface area (Å²) >= 11 is 1.42. The van der Waals surface area contributed by atoms with E-state index in [-0.39, 0.29) is 5.78 Å². The predicted molar refractivity (Wildman–Crippen MR) is 99.2 cm³/mol. The number of hydrogen-bond acceptors (Lipinski definition) is 5. The van der Waals surface area contributed by atoms with Gasteiger partial charge in [0.05, 0.1) is 12.4 Å². The van der Waals surface area contributed by atoms with Crippen molar-refractivity contribution in [2.45, 2.75) is 49.7 Å². The highest BCUT2D eigenvalue weighted by Gasteiger charge is 2.16. The molecule has 6 heteroatoms. The number of ether oxygens (including phenoxy) is 1. The molecule has 2 aromatic rings. The maximum atomic E-state index is 12.4. The summed E-state index contributed by atoms with van der Waals surface area (Å²) in [5.74, 6) is 1.17. The summed E-state index contributed by atoms with van der Waals surface area (Å²) in [6.07, 6.45) is 8.24. The molecule has 0 amide bonds. The van der Waals surface area contributed by atoms with Gasteiger partial charge >= 0.3 is 0 Å². The molecule has 1 heterocycles. The highest BCUT2D eigenvalue weighted by Crippen LogP contribution is 2.32. The average molecular weight is 359 g/mol. The van der Waals surface area contributed by atoms with Crippen LogP contribution in [0.5, 0.6) is 0 Å². The van der Waals surface area contributed by atoms with Crippen LogP contribution >= 0.6 is 11.8 Å². The molecule has 0 N–H and O–H groups in total. The lowest BCUT2D eigenvalue weighted by Crippen LogP contribution is -2.08. The third-order valence-electron chi connectivity index (χ3n) is 4.76. The lowest BCUT2D eigenvalue weighted by atomic mass is 9.84. The maximum Gasteiger partial charge on any atom is 0.191 e. The molecule has 25 heavy (non-hydrogen) atoms. The SMILES string of the molecule is COCCn1cnnc1SCC(=O)c1ccc(C2CCCCC2)cc1. The number of thioether (sulfide) groups is 1. The Kier molecular flexibility index (Phi) is 6.64. The van der Waals surface area contributed by atoms with E-state index < -0.39 is 0 Å². The van der Waals surface area contributed by atoms with Crippen LogP contribution in [0.2, 0.25) is 0 Å². The van der Waals surface area contributed by atoms with Crippen LogP contribution in [0.1, 0.15) is 53.9 Å². The van der Waals surface area contributed by atoms with Crippen molar-refractivity contribution in [3.05, 3.63) is 41.7 Å². The number of carbonyl (C=O) groups is 1. The fourth-order valence-electron chi connectivity index (χ4n) is 3.29. The molecule has 0 saturated heterocycles. The molecule has 1 saturated carbocycles. The Morgan fingerprint density at radius 1 is 1.24 bits per heavy atom. The predicted octanol–water partition coefficient (Wildman–Crippen LogP) is 3.95. The van der Waals surface area contributed by atoms with Gasteiger partial charge in [0.15, 0.2) is 10.9 Å². The van der Waals surface area contributed by atoms with Crippen LogP contribution in [0.15, 0.2) is 35.7 Å². The summed E-state index contributed by atoms with van der Waals surface area (Å²) in [7, 11) is 1.66. The van der Waals surface area contributed by atoms with Gasteiger partial charge < -0.3 is 9.30 Å². The molecule has 0 aliphatic heterocycles. The van der Waals surface area contributed by atoms with Crippen LogP contribution in [-0.2, 0) is 11.3 Å². The minimum absolute atomic E-state index is 0.126. The average Bonchev–Trinajstić information content (AvgIpc) is 3.12. The Balaban J connectivity index is 1.55. The molecule has 1 aliphatic carbocycles. The van der Waals surface area contributed by atoms with Gasteiger partial charge in [0.1, 0.15) is 6.33 Å². The van der Waals surface area contributed by atoms with Gasteiger partial charge in [0, 0.05) is 19.2 Å². The fraction of sp³-hybridized carbons (Fsp3) is 0.526. The van der Waals surface area contributed by atoms with Crippen LogP contribution in [-0.4, -0.2) is 40.0 Å². The standard InChI is InChI=1S/C19H25N3O2S/c1-24-12-11-22-14-20-21-19(22)25-13-18(23)17-9-7-16(8-10-17)15-5-3-2-4-6-15/h7-10,14-15H,2-6,11-13H2,1H3. The summed E-state index contributed by atoms with van der Waals surface area (Å²) in [5, 5.41) is 8.75. The van der Waals surface area contributed by atoms with Crippen molar-refractivity contribution in [1.29, 1.82) is 0 Å². The molecule has 1 fully saturated rings.